The molecule has 1 nitrogen and oxygen atoms in total. The summed E-state index contributed by atoms with van der Waals surface area (Å²) >= 11 is 0. The molecule has 0 aromatic carbocycles. The Morgan fingerprint density at radius 3 is 0.933 bits per heavy atom. The zero-order chi connectivity index (χ0) is 12.1. The molecule has 0 rings (SSSR count). The molecule has 0 aliphatic rings. The standard InChI is InChI=1S/C3H8O.C3H8.C2H6.2C2H4.HI.H2S/c1-3-4-2;1-3-2;3*1-2;;/h3H2,1-2H3;3H2,1-2H3;1-2H3;2*1-2H2;1H;1H2. The molecule has 0 N–H and O–H groups in total. The van der Waals surface area contributed by atoms with Gasteiger partial charge in [-0.1, -0.05) is 34.1 Å². The molecule has 0 fully saturated rings. The summed E-state index contributed by atoms with van der Waals surface area (Å²) in [6, 6.07) is 0. The predicted molar refractivity (Wildman–Crippen MR) is 93.2 cm³/mol. The molecule has 0 aliphatic heterocycles. The van der Waals surface area contributed by atoms with Gasteiger partial charge in [-0.3, -0.25) is 0 Å². The molecule has 0 spiro atoms. The zero-order valence-corrected chi connectivity index (χ0v) is 14.9. The second kappa shape index (κ2) is 214. The molecule has 100 valence electrons. The van der Waals surface area contributed by atoms with E-state index < -0.39 is 0 Å². The number of halogens is 1. The Morgan fingerprint density at radius 1 is 0.867 bits per heavy atom. The maximum atomic E-state index is 4.54. The number of hydrogen-bond donors (Lipinski definition) is 0. The quantitative estimate of drug-likeness (QED) is 0.452. The Bertz CT molecular complexity index is 34.8. The molecule has 0 bridgehead atoms. The van der Waals surface area contributed by atoms with Gasteiger partial charge in [-0.15, -0.1) is 50.3 Å². The van der Waals surface area contributed by atoms with Crippen LogP contribution in [0.1, 0.15) is 41.0 Å². The van der Waals surface area contributed by atoms with E-state index in [2.05, 4.69) is 44.9 Å². The van der Waals surface area contributed by atoms with Gasteiger partial charge in [-0.25, -0.2) is 0 Å². The van der Waals surface area contributed by atoms with Crippen molar-refractivity contribution in [3.05, 3.63) is 26.3 Å². The van der Waals surface area contributed by atoms with Crippen LogP contribution < -0.4 is 0 Å². The largest absolute Gasteiger partial charge is 0.385 e. The minimum atomic E-state index is 0. The second-order valence-electron chi connectivity index (χ2n) is 1.28. The highest BCUT2D eigenvalue weighted by Crippen LogP contribution is 1.56. The van der Waals surface area contributed by atoms with Gasteiger partial charge < -0.3 is 4.74 Å². The van der Waals surface area contributed by atoms with Crippen LogP contribution >= 0.6 is 37.5 Å². The Kier molecular flexibility index (Phi) is 644. The highest BCUT2D eigenvalue weighted by atomic mass is 127. The number of rotatable bonds is 1. The van der Waals surface area contributed by atoms with Crippen LogP contribution in [0.15, 0.2) is 26.3 Å². The van der Waals surface area contributed by atoms with Gasteiger partial charge in [-0.05, 0) is 6.92 Å². The molecular formula is C12H33IOS. The van der Waals surface area contributed by atoms with Crippen LogP contribution in [0.2, 0.25) is 0 Å². The summed E-state index contributed by atoms with van der Waals surface area (Å²) in [6.45, 7) is 23.0. The topological polar surface area (TPSA) is 9.23 Å². The third-order valence-corrected chi connectivity index (χ3v) is 0.289. The maximum absolute atomic E-state index is 4.54. The molecule has 0 aliphatic carbocycles. The summed E-state index contributed by atoms with van der Waals surface area (Å²) in [6.07, 6.45) is 1.25. The fourth-order valence-electron chi connectivity index (χ4n) is 0. The average Bonchev–Trinajstić information content (AvgIpc) is 2.27. The van der Waals surface area contributed by atoms with E-state index in [0.717, 1.165) is 6.61 Å². The second-order valence-corrected chi connectivity index (χ2v) is 1.28. The van der Waals surface area contributed by atoms with E-state index in [1.54, 1.807) is 7.11 Å². The highest BCUT2D eigenvalue weighted by Gasteiger charge is 1.51. The van der Waals surface area contributed by atoms with Crippen LogP contribution in [0, 0.1) is 0 Å². The Hall–Kier alpha value is 0.520. The molecule has 0 atom stereocenters. The van der Waals surface area contributed by atoms with E-state index in [-0.39, 0.29) is 37.5 Å². The van der Waals surface area contributed by atoms with E-state index in [1.165, 1.54) is 6.42 Å². The van der Waals surface area contributed by atoms with Gasteiger partial charge in [0.05, 0.1) is 0 Å². The van der Waals surface area contributed by atoms with Crippen LogP contribution in [0.5, 0.6) is 0 Å². The first kappa shape index (κ1) is 45.1. The normalized spacial score (nSPS) is 4.13. The van der Waals surface area contributed by atoms with Crippen molar-refractivity contribution in [2.24, 2.45) is 0 Å². The van der Waals surface area contributed by atoms with Gasteiger partial charge in [-0.2, -0.15) is 13.5 Å². The van der Waals surface area contributed by atoms with E-state index in [0.29, 0.717) is 0 Å². The third-order valence-electron chi connectivity index (χ3n) is 0.289. The van der Waals surface area contributed by atoms with Crippen LogP contribution in [-0.4, -0.2) is 13.7 Å². The van der Waals surface area contributed by atoms with E-state index in [4.69, 9.17) is 0 Å². The molecule has 3 heteroatoms. The van der Waals surface area contributed by atoms with Crippen molar-refractivity contribution in [1.29, 1.82) is 0 Å². The van der Waals surface area contributed by atoms with Gasteiger partial charge in [0.15, 0.2) is 0 Å². The Morgan fingerprint density at radius 2 is 0.933 bits per heavy atom. The molecule has 0 unspecified atom stereocenters. The summed E-state index contributed by atoms with van der Waals surface area (Å²) in [5.74, 6) is 0. The van der Waals surface area contributed by atoms with Gasteiger partial charge in [0.25, 0.3) is 0 Å². The third kappa shape index (κ3) is 985. The van der Waals surface area contributed by atoms with Gasteiger partial charge in [0, 0.05) is 13.7 Å². The van der Waals surface area contributed by atoms with Crippen molar-refractivity contribution in [3.63, 3.8) is 0 Å². The van der Waals surface area contributed by atoms with Crippen molar-refractivity contribution < 1.29 is 4.74 Å². The first-order valence-electron chi connectivity index (χ1n) is 4.82. The molecular weight excluding hydrogens is 319 g/mol. The molecule has 0 saturated heterocycles. The van der Waals surface area contributed by atoms with Crippen molar-refractivity contribution in [2.45, 2.75) is 41.0 Å². The summed E-state index contributed by atoms with van der Waals surface area (Å²) in [7, 11) is 1.68. The van der Waals surface area contributed by atoms with Crippen LogP contribution in [-0.2, 0) is 4.74 Å². The van der Waals surface area contributed by atoms with Gasteiger partial charge >= 0.3 is 0 Å². The molecule has 0 aromatic heterocycles. The molecule has 0 saturated carbocycles. The van der Waals surface area contributed by atoms with Gasteiger partial charge in [0.2, 0.25) is 0 Å². The number of methoxy groups -OCH3 is 1. The predicted octanol–water partition coefficient (Wildman–Crippen LogP) is 5.43. The van der Waals surface area contributed by atoms with Crippen molar-refractivity contribution in [1.82, 2.24) is 0 Å². The lowest BCUT2D eigenvalue weighted by Crippen LogP contribution is -1.73. The average molecular weight is 352 g/mol. The smallest absolute Gasteiger partial charge is 0.0433 e. The molecule has 0 aromatic rings. The lowest BCUT2D eigenvalue weighted by Gasteiger charge is -1.76. The summed E-state index contributed by atoms with van der Waals surface area (Å²) < 4.78 is 4.54. The highest BCUT2D eigenvalue weighted by molar-refractivity contribution is 14.0. The van der Waals surface area contributed by atoms with E-state index in [9.17, 15) is 0 Å². The lowest BCUT2D eigenvalue weighted by molar-refractivity contribution is 0.215. The Balaban J connectivity index is -0.0000000107. The minimum absolute atomic E-state index is 0. The fourth-order valence-corrected chi connectivity index (χ4v) is 0. The number of hydrogen-bond acceptors (Lipinski definition) is 1. The molecule has 0 heterocycles. The van der Waals surface area contributed by atoms with Crippen LogP contribution in [0.3, 0.4) is 0 Å². The molecule has 0 amide bonds. The van der Waals surface area contributed by atoms with E-state index in [1.807, 2.05) is 20.8 Å². The van der Waals surface area contributed by atoms with Crippen molar-refractivity contribution in [3.8, 4) is 0 Å². The van der Waals surface area contributed by atoms with Crippen molar-refractivity contribution in [2.75, 3.05) is 13.7 Å². The minimum Gasteiger partial charge on any atom is -0.385 e. The van der Waals surface area contributed by atoms with E-state index >= 15 is 0 Å². The van der Waals surface area contributed by atoms with Crippen LogP contribution in [0.25, 0.3) is 0 Å². The monoisotopic (exact) mass is 352 g/mol. The summed E-state index contributed by atoms with van der Waals surface area (Å²) in [5.41, 5.74) is 0. The SMILES string of the molecule is C=C.C=C.CC.CCC.CCOC.I.S. The fraction of sp³-hybridized carbons (Fsp3) is 0.667. The first-order chi connectivity index (χ1) is 6.33. The lowest BCUT2D eigenvalue weighted by atomic mass is 10.6. The van der Waals surface area contributed by atoms with Crippen LogP contribution in [0.4, 0.5) is 0 Å². The molecule has 15 heavy (non-hydrogen) atoms. The zero-order valence-electron chi connectivity index (χ0n) is 11.6. The van der Waals surface area contributed by atoms with Crippen molar-refractivity contribution >= 4 is 37.5 Å². The maximum Gasteiger partial charge on any atom is 0.0433 e. The Labute approximate surface area is 123 Å². The summed E-state index contributed by atoms with van der Waals surface area (Å²) in [4.78, 5) is 0. The molecule has 0 radical (unpaired) electrons. The van der Waals surface area contributed by atoms with Gasteiger partial charge in [0.1, 0.15) is 0 Å². The summed E-state index contributed by atoms with van der Waals surface area (Å²) in [5, 5.41) is 0. The number of ether oxygens (including phenoxy) is 1. The first-order valence-corrected chi connectivity index (χ1v) is 4.82.